The molecule has 3 aromatic carbocycles. The van der Waals surface area contributed by atoms with Crippen LogP contribution in [0.15, 0.2) is 42.5 Å². The van der Waals surface area contributed by atoms with E-state index in [-0.39, 0.29) is 48.9 Å². The molecule has 2 aliphatic rings. The number of phenolic OH excluding ortho intramolecular Hbond substituents is 2. The fraction of sp³-hybridized carbons (Fsp3) is 0.400. The van der Waals surface area contributed by atoms with Crippen molar-refractivity contribution in [3.8, 4) is 34.5 Å². The third-order valence-corrected chi connectivity index (χ3v) is 8.17. The highest BCUT2D eigenvalue weighted by molar-refractivity contribution is 5.63. The number of fused-ring (bicyclic) bond motifs is 3. The summed E-state index contributed by atoms with van der Waals surface area (Å²) >= 11 is 0. The van der Waals surface area contributed by atoms with Crippen LogP contribution in [-0.2, 0) is 6.42 Å². The number of hydrogen-bond donors (Lipinski definition) is 5. The topological polar surface area (TPSA) is 138 Å². The quantitative estimate of drug-likeness (QED) is 0.293. The Morgan fingerprint density at radius 3 is 1.92 bits per heavy atom. The van der Waals surface area contributed by atoms with Gasteiger partial charge in [0, 0.05) is 24.7 Å². The van der Waals surface area contributed by atoms with Crippen molar-refractivity contribution in [3.05, 3.63) is 70.3 Å². The predicted molar refractivity (Wildman–Crippen MR) is 142 cm³/mol. The molecular formula is C30H34O9. The van der Waals surface area contributed by atoms with E-state index in [1.807, 2.05) is 6.07 Å². The fourth-order valence-electron chi connectivity index (χ4n) is 6.30. The van der Waals surface area contributed by atoms with Gasteiger partial charge in [-0.1, -0.05) is 12.1 Å². The summed E-state index contributed by atoms with van der Waals surface area (Å²) in [4.78, 5) is 0. The Labute approximate surface area is 226 Å². The minimum atomic E-state index is -0.599. The van der Waals surface area contributed by atoms with Gasteiger partial charge in [0.15, 0.2) is 34.5 Å². The van der Waals surface area contributed by atoms with E-state index in [0.29, 0.717) is 29.2 Å². The van der Waals surface area contributed by atoms with Gasteiger partial charge in [-0.15, -0.1) is 0 Å². The first-order valence-corrected chi connectivity index (χ1v) is 12.9. The summed E-state index contributed by atoms with van der Waals surface area (Å²) in [5.41, 5.74) is 4.10. The van der Waals surface area contributed by atoms with E-state index >= 15 is 0 Å². The molecule has 0 amide bonds. The monoisotopic (exact) mass is 538 g/mol. The lowest BCUT2D eigenvalue weighted by molar-refractivity contribution is 0.101. The van der Waals surface area contributed by atoms with Crippen molar-refractivity contribution in [1.29, 1.82) is 0 Å². The average molecular weight is 539 g/mol. The summed E-state index contributed by atoms with van der Waals surface area (Å²) in [5.74, 6) is 0.121. The van der Waals surface area contributed by atoms with Crippen LogP contribution < -0.4 is 18.9 Å². The molecule has 39 heavy (non-hydrogen) atoms. The predicted octanol–water partition coefficient (Wildman–Crippen LogP) is 3.24. The van der Waals surface area contributed by atoms with Crippen molar-refractivity contribution in [2.75, 3.05) is 41.2 Å². The van der Waals surface area contributed by atoms with Crippen molar-refractivity contribution >= 4 is 0 Å². The summed E-state index contributed by atoms with van der Waals surface area (Å²) in [6.45, 7) is -0.534. The maximum Gasteiger partial charge on any atom is 0.166 e. The maximum atomic E-state index is 10.7. The zero-order valence-electron chi connectivity index (χ0n) is 22.1. The van der Waals surface area contributed by atoms with Crippen molar-refractivity contribution in [3.63, 3.8) is 0 Å². The van der Waals surface area contributed by atoms with E-state index in [2.05, 4.69) is 0 Å². The maximum absolute atomic E-state index is 10.7. The van der Waals surface area contributed by atoms with Gasteiger partial charge in [-0.05, 0) is 70.8 Å². The molecule has 5 rings (SSSR count). The normalized spacial score (nSPS) is 23.5. The summed E-state index contributed by atoms with van der Waals surface area (Å²) in [5, 5.41) is 52.0. The molecule has 0 radical (unpaired) electrons. The summed E-state index contributed by atoms with van der Waals surface area (Å²) in [7, 11) is 4.50. The Balaban J connectivity index is 1.75. The van der Waals surface area contributed by atoms with E-state index in [0.717, 1.165) is 22.3 Å². The van der Waals surface area contributed by atoms with E-state index in [1.165, 1.54) is 20.3 Å². The van der Waals surface area contributed by atoms with Gasteiger partial charge < -0.3 is 44.5 Å². The van der Waals surface area contributed by atoms with Crippen LogP contribution in [0.3, 0.4) is 0 Å². The largest absolute Gasteiger partial charge is 0.504 e. The van der Waals surface area contributed by atoms with E-state index in [1.54, 1.807) is 37.4 Å². The first kappa shape index (κ1) is 26.9. The van der Waals surface area contributed by atoms with Crippen molar-refractivity contribution in [2.24, 2.45) is 11.8 Å². The Kier molecular flexibility index (Phi) is 7.48. The third-order valence-electron chi connectivity index (χ3n) is 8.17. The molecule has 5 atom stereocenters. The lowest BCUT2D eigenvalue weighted by Crippen LogP contribution is -2.36. The van der Waals surface area contributed by atoms with Crippen LogP contribution in [0.25, 0.3) is 0 Å². The number of ether oxygens (including phenoxy) is 4. The first-order chi connectivity index (χ1) is 18.9. The molecule has 0 fully saturated rings. The summed E-state index contributed by atoms with van der Waals surface area (Å²) in [6.07, 6.45) is -0.0968. The van der Waals surface area contributed by atoms with Gasteiger partial charge in [0.1, 0.15) is 6.10 Å². The number of benzene rings is 3. The minimum absolute atomic E-state index is 0.00514. The number of phenols is 2. The van der Waals surface area contributed by atoms with Gasteiger partial charge in [-0.25, -0.2) is 0 Å². The number of aromatic hydroxyl groups is 2. The average Bonchev–Trinajstić information content (AvgIpc) is 3.35. The molecule has 208 valence electrons. The smallest absolute Gasteiger partial charge is 0.166 e. The second kappa shape index (κ2) is 10.8. The molecule has 1 heterocycles. The van der Waals surface area contributed by atoms with Crippen molar-refractivity contribution in [2.45, 2.75) is 24.4 Å². The molecule has 1 aliphatic carbocycles. The van der Waals surface area contributed by atoms with Gasteiger partial charge >= 0.3 is 0 Å². The molecule has 0 bridgehead atoms. The van der Waals surface area contributed by atoms with Crippen LogP contribution in [0, 0.1) is 11.8 Å². The third kappa shape index (κ3) is 4.40. The van der Waals surface area contributed by atoms with Crippen LogP contribution in [0.1, 0.15) is 45.8 Å². The molecule has 0 saturated carbocycles. The summed E-state index contributed by atoms with van der Waals surface area (Å²) in [6, 6.07) is 11.9. The van der Waals surface area contributed by atoms with E-state index < -0.39 is 17.9 Å². The zero-order valence-corrected chi connectivity index (χ0v) is 22.1. The molecule has 5 N–H and O–H groups in total. The molecule has 9 heteroatoms. The molecule has 0 unspecified atom stereocenters. The molecular weight excluding hydrogens is 504 g/mol. The van der Waals surface area contributed by atoms with Gasteiger partial charge in [-0.3, -0.25) is 0 Å². The van der Waals surface area contributed by atoms with Gasteiger partial charge in [0.2, 0.25) is 0 Å². The standard InChI is InChI=1S/C30H34O9/c1-36-23-9-15(4-6-21(23)34)26-19(13-32)18(12-31)8-17-11-25(38-3)30-28(27(17)26)20(14-33)29(39-30)16-5-7-22(35)24(10-16)37-2/h4-7,9-11,18-20,26,29,31-35H,8,12-14H2,1-3H3/t18-,19+,20-,26+,29-/m0/s1. The Morgan fingerprint density at radius 1 is 0.744 bits per heavy atom. The minimum Gasteiger partial charge on any atom is -0.504 e. The van der Waals surface area contributed by atoms with Crippen LogP contribution in [0.5, 0.6) is 34.5 Å². The lowest BCUT2D eigenvalue weighted by atomic mass is 9.64. The van der Waals surface area contributed by atoms with Gasteiger partial charge in [0.25, 0.3) is 0 Å². The van der Waals surface area contributed by atoms with E-state index in [9.17, 15) is 25.5 Å². The van der Waals surface area contributed by atoms with Gasteiger partial charge in [-0.2, -0.15) is 0 Å². The molecule has 0 saturated heterocycles. The molecule has 1 aliphatic heterocycles. The van der Waals surface area contributed by atoms with E-state index in [4.69, 9.17) is 18.9 Å². The molecule has 0 aromatic heterocycles. The highest BCUT2D eigenvalue weighted by Crippen LogP contribution is 2.58. The van der Waals surface area contributed by atoms with Crippen molar-refractivity contribution in [1.82, 2.24) is 0 Å². The Bertz CT molecular complexity index is 1350. The molecule has 9 nitrogen and oxygen atoms in total. The fourth-order valence-corrected chi connectivity index (χ4v) is 6.30. The van der Waals surface area contributed by atoms with Crippen LogP contribution in [0.4, 0.5) is 0 Å². The first-order valence-electron chi connectivity index (χ1n) is 12.9. The Morgan fingerprint density at radius 2 is 1.36 bits per heavy atom. The number of aliphatic hydroxyl groups excluding tert-OH is 3. The highest BCUT2D eigenvalue weighted by atomic mass is 16.5. The second-order valence-electron chi connectivity index (χ2n) is 10.1. The Hall–Kier alpha value is -3.66. The van der Waals surface area contributed by atoms with Crippen LogP contribution in [0.2, 0.25) is 0 Å². The number of methoxy groups -OCH3 is 3. The van der Waals surface area contributed by atoms with Crippen LogP contribution >= 0.6 is 0 Å². The second-order valence-corrected chi connectivity index (χ2v) is 10.1. The number of hydrogen-bond acceptors (Lipinski definition) is 9. The zero-order chi connectivity index (χ0) is 27.8. The summed E-state index contributed by atoms with van der Waals surface area (Å²) < 4.78 is 22.9. The highest BCUT2D eigenvalue weighted by Gasteiger charge is 2.46. The van der Waals surface area contributed by atoms with Crippen molar-refractivity contribution < 1.29 is 44.5 Å². The lowest BCUT2D eigenvalue weighted by Gasteiger charge is -2.40. The number of rotatable bonds is 8. The molecule has 0 spiro atoms. The van der Waals surface area contributed by atoms with Gasteiger partial charge in [0.05, 0.1) is 33.9 Å². The number of aliphatic hydroxyl groups is 3. The van der Waals surface area contributed by atoms with Crippen LogP contribution in [-0.4, -0.2) is 66.7 Å². The SMILES string of the molecule is COc1cc([C@H]2c3c(cc(OC)c4c3[C@H](CO)[C@H](c3ccc(O)c(OC)c3)O4)C[C@@H](CO)[C@H]2CO)ccc1O. The molecule has 3 aromatic rings.